The Morgan fingerprint density at radius 3 is 1.92 bits per heavy atom. The molecule has 0 spiro atoms. The minimum absolute atomic E-state index is 0.321. The van der Waals surface area contributed by atoms with Gasteiger partial charge in [0.25, 0.3) is 11.8 Å². The number of amides is 2. The Kier molecular flexibility index (Phi) is 4.09. The molecule has 0 aliphatic carbocycles. The predicted octanol–water partition coefficient (Wildman–Crippen LogP) is 5.41. The number of hydrogen-bond donors (Lipinski definition) is 0. The summed E-state index contributed by atoms with van der Waals surface area (Å²) in [5.41, 5.74) is 3.40. The molecule has 3 aromatic rings. The molecule has 0 atom stereocenters. The molecule has 4 rings (SSSR count). The van der Waals surface area contributed by atoms with E-state index in [1.54, 1.807) is 24.3 Å². The SMILES string of the molecule is O=C1c2ccc(Cl)cc2C(=O)N1c1ccc(-c2ccc(I)cc2)cc1. The maximum absolute atomic E-state index is 12.6. The molecule has 0 saturated carbocycles. The molecule has 0 fully saturated rings. The minimum atomic E-state index is -0.343. The number of imide groups is 1. The molecule has 2 amide bonds. The van der Waals surface area contributed by atoms with Crippen molar-refractivity contribution in [1.82, 2.24) is 0 Å². The third-order valence-corrected chi connectivity index (χ3v) is 5.11. The first-order valence-electron chi connectivity index (χ1n) is 7.59. The summed E-state index contributed by atoms with van der Waals surface area (Å²) in [6, 6.07) is 20.3. The maximum Gasteiger partial charge on any atom is 0.266 e. The van der Waals surface area contributed by atoms with Crippen molar-refractivity contribution in [2.45, 2.75) is 0 Å². The number of anilines is 1. The molecule has 1 aliphatic rings. The monoisotopic (exact) mass is 459 g/mol. The van der Waals surface area contributed by atoms with Crippen LogP contribution in [0.15, 0.2) is 66.7 Å². The Labute approximate surface area is 163 Å². The largest absolute Gasteiger partial charge is 0.268 e. The zero-order valence-electron chi connectivity index (χ0n) is 12.9. The lowest BCUT2D eigenvalue weighted by atomic mass is 10.1. The highest BCUT2D eigenvalue weighted by atomic mass is 127. The molecular formula is C20H11ClINO2. The number of hydrogen-bond acceptors (Lipinski definition) is 2. The van der Waals surface area contributed by atoms with Gasteiger partial charge in [0.2, 0.25) is 0 Å². The third-order valence-electron chi connectivity index (χ3n) is 4.15. The number of halogens is 2. The topological polar surface area (TPSA) is 37.4 Å². The third kappa shape index (κ3) is 2.85. The Hall–Kier alpha value is -2.18. The van der Waals surface area contributed by atoms with Crippen LogP contribution in [0.25, 0.3) is 11.1 Å². The molecule has 122 valence electrons. The molecule has 0 N–H and O–H groups in total. The second-order valence-corrected chi connectivity index (χ2v) is 7.37. The van der Waals surface area contributed by atoms with Crippen LogP contribution >= 0.6 is 34.2 Å². The molecule has 5 heteroatoms. The van der Waals surface area contributed by atoms with E-state index in [9.17, 15) is 9.59 Å². The first-order chi connectivity index (χ1) is 12.0. The van der Waals surface area contributed by atoms with E-state index < -0.39 is 0 Å². The van der Waals surface area contributed by atoms with Crippen LogP contribution in [0.1, 0.15) is 20.7 Å². The van der Waals surface area contributed by atoms with Gasteiger partial charge in [-0.3, -0.25) is 9.59 Å². The highest BCUT2D eigenvalue weighted by Crippen LogP contribution is 2.31. The van der Waals surface area contributed by atoms with Gasteiger partial charge >= 0.3 is 0 Å². The van der Waals surface area contributed by atoms with E-state index in [0.717, 1.165) is 11.1 Å². The lowest BCUT2D eigenvalue weighted by Crippen LogP contribution is -2.29. The summed E-state index contributed by atoms with van der Waals surface area (Å²) in [6.45, 7) is 0. The number of rotatable bonds is 2. The van der Waals surface area contributed by atoms with Crippen molar-refractivity contribution in [3.63, 3.8) is 0 Å². The molecule has 3 aromatic carbocycles. The predicted molar refractivity (Wildman–Crippen MR) is 107 cm³/mol. The molecule has 1 heterocycles. The number of nitrogens with zero attached hydrogens (tertiary/aromatic N) is 1. The Bertz CT molecular complexity index is 997. The summed E-state index contributed by atoms with van der Waals surface area (Å²) in [5.74, 6) is -0.664. The van der Waals surface area contributed by atoms with E-state index in [1.165, 1.54) is 14.5 Å². The van der Waals surface area contributed by atoms with Crippen LogP contribution in [-0.4, -0.2) is 11.8 Å². The second-order valence-electron chi connectivity index (χ2n) is 5.69. The van der Waals surface area contributed by atoms with Gasteiger partial charge in [-0.1, -0.05) is 35.9 Å². The fourth-order valence-corrected chi connectivity index (χ4v) is 3.42. The van der Waals surface area contributed by atoms with Gasteiger partial charge < -0.3 is 0 Å². The Morgan fingerprint density at radius 2 is 1.28 bits per heavy atom. The van der Waals surface area contributed by atoms with Crippen molar-refractivity contribution in [3.8, 4) is 11.1 Å². The van der Waals surface area contributed by atoms with Crippen molar-refractivity contribution in [1.29, 1.82) is 0 Å². The van der Waals surface area contributed by atoms with E-state index in [4.69, 9.17) is 11.6 Å². The minimum Gasteiger partial charge on any atom is -0.268 e. The van der Waals surface area contributed by atoms with Gasteiger partial charge in [-0.25, -0.2) is 4.90 Å². The fraction of sp³-hybridized carbons (Fsp3) is 0. The van der Waals surface area contributed by atoms with Gasteiger partial charge in [-0.05, 0) is 76.2 Å². The smallest absolute Gasteiger partial charge is 0.266 e. The zero-order chi connectivity index (χ0) is 17.6. The highest BCUT2D eigenvalue weighted by molar-refractivity contribution is 14.1. The molecule has 0 radical (unpaired) electrons. The van der Waals surface area contributed by atoms with E-state index in [-0.39, 0.29) is 11.8 Å². The first-order valence-corrected chi connectivity index (χ1v) is 9.04. The molecule has 25 heavy (non-hydrogen) atoms. The molecular weight excluding hydrogens is 449 g/mol. The van der Waals surface area contributed by atoms with Gasteiger partial charge in [-0.2, -0.15) is 0 Å². The molecule has 3 nitrogen and oxygen atoms in total. The van der Waals surface area contributed by atoms with E-state index >= 15 is 0 Å². The van der Waals surface area contributed by atoms with Crippen molar-refractivity contribution in [2.75, 3.05) is 4.90 Å². The molecule has 0 bridgehead atoms. The first kappa shape index (κ1) is 16.3. The summed E-state index contributed by atoms with van der Waals surface area (Å²) < 4.78 is 1.17. The van der Waals surface area contributed by atoms with Crippen LogP contribution in [-0.2, 0) is 0 Å². The van der Waals surface area contributed by atoms with Crippen molar-refractivity contribution in [3.05, 3.63) is 86.4 Å². The van der Waals surface area contributed by atoms with Crippen molar-refractivity contribution < 1.29 is 9.59 Å². The maximum atomic E-state index is 12.6. The van der Waals surface area contributed by atoms with Crippen LogP contribution in [0.3, 0.4) is 0 Å². The van der Waals surface area contributed by atoms with E-state index in [1.807, 2.05) is 36.4 Å². The summed E-state index contributed by atoms with van der Waals surface area (Å²) in [5, 5.41) is 0.441. The average Bonchev–Trinajstić information content (AvgIpc) is 2.86. The summed E-state index contributed by atoms with van der Waals surface area (Å²) in [4.78, 5) is 26.4. The van der Waals surface area contributed by atoms with Gasteiger partial charge in [0.05, 0.1) is 16.8 Å². The fourth-order valence-electron chi connectivity index (χ4n) is 2.89. The van der Waals surface area contributed by atoms with Crippen LogP contribution in [0.4, 0.5) is 5.69 Å². The van der Waals surface area contributed by atoms with Crippen LogP contribution in [0, 0.1) is 3.57 Å². The Balaban J connectivity index is 1.68. The van der Waals surface area contributed by atoms with Gasteiger partial charge in [0.15, 0.2) is 0 Å². The summed E-state index contributed by atoms with van der Waals surface area (Å²) >= 11 is 8.21. The quantitative estimate of drug-likeness (QED) is 0.379. The van der Waals surface area contributed by atoms with Gasteiger partial charge in [0, 0.05) is 8.59 Å². The lowest BCUT2D eigenvalue weighted by molar-refractivity contribution is 0.0926. The Morgan fingerprint density at radius 1 is 0.720 bits per heavy atom. The van der Waals surface area contributed by atoms with Crippen LogP contribution in [0.2, 0.25) is 5.02 Å². The zero-order valence-corrected chi connectivity index (χ0v) is 15.8. The molecule has 1 aliphatic heterocycles. The van der Waals surface area contributed by atoms with E-state index in [2.05, 4.69) is 22.6 Å². The van der Waals surface area contributed by atoms with Crippen molar-refractivity contribution >= 4 is 51.7 Å². The van der Waals surface area contributed by atoms with Crippen LogP contribution in [0.5, 0.6) is 0 Å². The highest BCUT2D eigenvalue weighted by Gasteiger charge is 2.36. The normalized spacial score (nSPS) is 13.3. The molecule has 0 aromatic heterocycles. The summed E-state index contributed by atoms with van der Waals surface area (Å²) in [7, 11) is 0. The molecule has 0 unspecified atom stereocenters. The number of carbonyl (C=O) groups excluding carboxylic acids is 2. The molecule has 0 saturated heterocycles. The van der Waals surface area contributed by atoms with Crippen LogP contribution < -0.4 is 4.90 Å². The second kappa shape index (κ2) is 6.28. The lowest BCUT2D eigenvalue weighted by Gasteiger charge is -2.14. The number of benzene rings is 3. The van der Waals surface area contributed by atoms with Gasteiger partial charge in [0.1, 0.15) is 0 Å². The standard InChI is InChI=1S/C20H11ClINO2/c21-14-5-10-17-18(11-14)20(25)23(19(17)24)16-8-3-13(4-9-16)12-1-6-15(22)7-2-12/h1-11H. The van der Waals surface area contributed by atoms with Crippen molar-refractivity contribution in [2.24, 2.45) is 0 Å². The van der Waals surface area contributed by atoms with E-state index in [0.29, 0.717) is 21.8 Å². The average molecular weight is 460 g/mol. The number of fused-ring (bicyclic) bond motifs is 1. The summed E-state index contributed by atoms with van der Waals surface area (Å²) in [6.07, 6.45) is 0. The number of carbonyl (C=O) groups is 2. The van der Waals surface area contributed by atoms with Gasteiger partial charge in [-0.15, -0.1) is 0 Å².